The van der Waals surface area contributed by atoms with Crippen molar-refractivity contribution in [3.05, 3.63) is 101 Å². The monoisotopic (exact) mass is 407 g/mol. The standard InChI is InChI=1S/C24H14F4N2/c25-20-6-3-5-17-19(13-30-23(17)20)22(14-8-10-15(11-9-14)24(26,27)28)18-12-29-21-7-2-1-4-16(18)21/h1-13,29H/p+1/b22-19+. The molecule has 0 saturated carbocycles. The normalized spacial score (nSPS) is 14.9. The second-order valence-electron chi connectivity index (χ2n) is 7.06. The van der Waals surface area contributed by atoms with Gasteiger partial charge >= 0.3 is 6.18 Å². The van der Waals surface area contributed by atoms with E-state index < -0.39 is 11.7 Å². The zero-order valence-corrected chi connectivity index (χ0v) is 15.5. The van der Waals surface area contributed by atoms with Crippen molar-refractivity contribution in [2.45, 2.75) is 6.18 Å². The number of H-pyrrole nitrogens is 1. The minimum absolute atomic E-state index is 0.358. The third-order valence-electron chi connectivity index (χ3n) is 5.29. The highest BCUT2D eigenvalue weighted by Crippen LogP contribution is 2.39. The summed E-state index contributed by atoms with van der Waals surface area (Å²) in [5.74, 6) is -0.385. The molecule has 0 fully saturated rings. The van der Waals surface area contributed by atoms with E-state index in [2.05, 4.69) is 9.98 Å². The van der Waals surface area contributed by atoms with Gasteiger partial charge in [-0.05, 0) is 35.9 Å². The number of hydrogen-bond acceptors (Lipinski definition) is 0. The van der Waals surface area contributed by atoms with E-state index in [0.717, 1.165) is 34.2 Å². The molecule has 0 bridgehead atoms. The van der Waals surface area contributed by atoms with E-state index in [1.165, 1.54) is 18.2 Å². The van der Waals surface area contributed by atoms with E-state index in [0.29, 0.717) is 22.4 Å². The van der Waals surface area contributed by atoms with Crippen LogP contribution in [0.2, 0.25) is 0 Å². The van der Waals surface area contributed by atoms with E-state index in [-0.39, 0.29) is 5.82 Å². The maximum Gasteiger partial charge on any atom is 0.416 e. The highest BCUT2D eigenvalue weighted by molar-refractivity contribution is 6.24. The summed E-state index contributed by atoms with van der Waals surface area (Å²) in [6.45, 7) is 0. The average molecular weight is 407 g/mol. The topological polar surface area (TPSA) is 29.8 Å². The fraction of sp³-hybridized carbons (Fsp3) is 0.0417. The number of allylic oxidation sites excluding steroid dienone is 1. The second-order valence-corrected chi connectivity index (χ2v) is 7.06. The summed E-state index contributed by atoms with van der Waals surface area (Å²) in [6, 6.07) is 17.5. The summed E-state index contributed by atoms with van der Waals surface area (Å²) in [7, 11) is 0. The lowest BCUT2D eigenvalue weighted by Gasteiger charge is -2.12. The van der Waals surface area contributed by atoms with Gasteiger partial charge in [0.05, 0.1) is 16.7 Å². The van der Waals surface area contributed by atoms with E-state index in [4.69, 9.17) is 0 Å². The summed E-state index contributed by atoms with van der Waals surface area (Å²) in [6.07, 6.45) is -0.887. The van der Waals surface area contributed by atoms with Crippen LogP contribution in [0.25, 0.3) is 22.0 Å². The molecule has 6 heteroatoms. The van der Waals surface area contributed by atoms with Crippen molar-refractivity contribution in [2.24, 2.45) is 0 Å². The number of aromatic nitrogens is 1. The van der Waals surface area contributed by atoms with Crippen molar-refractivity contribution in [2.75, 3.05) is 0 Å². The molecule has 148 valence electrons. The SMILES string of the molecule is Fc1cccc2c1[NH+]=C/C2=C(/c1ccc(C(F)(F)F)cc1)c1c[nH]c2ccccc12. The van der Waals surface area contributed by atoms with Crippen LogP contribution in [0.1, 0.15) is 22.3 Å². The van der Waals surface area contributed by atoms with Gasteiger partial charge in [0.15, 0.2) is 12.0 Å². The molecule has 1 aromatic heterocycles. The van der Waals surface area contributed by atoms with Gasteiger partial charge < -0.3 is 4.98 Å². The number of para-hydroxylation sites is 2. The summed E-state index contributed by atoms with van der Waals surface area (Å²) in [5, 5.41) is 0.929. The molecule has 0 amide bonds. The van der Waals surface area contributed by atoms with Crippen molar-refractivity contribution >= 4 is 34.0 Å². The molecule has 0 atom stereocenters. The maximum atomic E-state index is 14.3. The summed E-state index contributed by atoms with van der Waals surface area (Å²) in [4.78, 5) is 6.18. The number of halogens is 4. The Morgan fingerprint density at radius 1 is 0.867 bits per heavy atom. The van der Waals surface area contributed by atoms with E-state index in [1.54, 1.807) is 18.3 Å². The van der Waals surface area contributed by atoms with Gasteiger partial charge in [-0.25, -0.2) is 4.99 Å². The maximum absolute atomic E-state index is 14.3. The number of benzene rings is 3. The smallest absolute Gasteiger partial charge is 0.361 e. The van der Waals surface area contributed by atoms with Gasteiger partial charge in [-0.15, -0.1) is 0 Å². The lowest BCUT2D eigenvalue weighted by Crippen LogP contribution is -2.59. The number of rotatable bonds is 2. The molecule has 0 radical (unpaired) electrons. The van der Waals surface area contributed by atoms with E-state index >= 15 is 0 Å². The molecule has 2 nitrogen and oxygen atoms in total. The van der Waals surface area contributed by atoms with Crippen LogP contribution in [-0.4, -0.2) is 11.2 Å². The highest BCUT2D eigenvalue weighted by atomic mass is 19.4. The van der Waals surface area contributed by atoms with Crippen LogP contribution in [0.3, 0.4) is 0 Å². The zero-order valence-electron chi connectivity index (χ0n) is 15.5. The molecule has 0 saturated heterocycles. The number of alkyl halides is 3. The van der Waals surface area contributed by atoms with Crippen LogP contribution in [0.4, 0.5) is 23.2 Å². The van der Waals surface area contributed by atoms with Crippen molar-refractivity contribution in [3.8, 4) is 0 Å². The predicted octanol–water partition coefficient (Wildman–Crippen LogP) is 5.08. The molecule has 2 heterocycles. The molecule has 0 unspecified atom stereocenters. The van der Waals surface area contributed by atoms with Crippen molar-refractivity contribution in [1.82, 2.24) is 4.98 Å². The third-order valence-corrected chi connectivity index (χ3v) is 5.29. The Kier molecular flexibility index (Phi) is 4.10. The lowest BCUT2D eigenvalue weighted by molar-refractivity contribution is -0.346. The highest BCUT2D eigenvalue weighted by Gasteiger charge is 2.31. The summed E-state index contributed by atoms with van der Waals surface area (Å²) < 4.78 is 53.5. The zero-order chi connectivity index (χ0) is 20.9. The molecule has 30 heavy (non-hydrogen) atoms. The fourth-order valence-corrected chi connectivity index (χ4v) is 3.88. The summed E-state index contributed by atoms with van der Waals surface area (Å²) in [5.41, 5.74) is 4.09. The Labute approximate surface area is 169 Å². The minimum atomic E-state index is -4.41. The Hall–Kier alpha value is -3.67. The van der Waals surface area contributed by atoms with Gasteiger partial charge in [-0.3, -0.25) is 0 Å². The van der Waals surface area contributed by atoms with Gasteiger partial charge in [0.2, 0.25) is 5.69 Å². The van der Waals surface area contributed by atoms with Crippen molar-refractivity contribution in [1.29, 1.82) is 0 Å². The van der Waals surface area contributed by atoms with Gasteiger partial charge in [0, 0.05) is 28.2 Å². The van der Waals surface area contributed by atoms with Crippen LogP contribution >= 0.6 is 0 Å². The predicted molar refractivity (Wildman–Crippen MR) is 109 cm³/mol. The molecular formula is C24H15F4N2+. The van der Waals surface area contributed by atoms with Crippen LogP contribution in [0.5, 0.6) is 0 Å². The Morgan fingerprint density at radius 2 is 1.63 bits per heavy atom. The third kappa shape index (κ3) is 2.92. The van der Waals surface area contributed by atoms with Gasteiger partial charge in [0.1, 0.15) is 0 Å². The van der Waals surface area contributed by atoms with Crippen molar-refractivity contribution < 1.29 is 22.6 Å². The number of fused-ring (bicyclic) bond motifs is 2. The molecular weight excluding hydrogens is 392 g/mol. The number of aromatic amines is 1. The fourth-order valence-electron chi connectivity index (χ4n) is 3.88. The lowest BCUT2D eigenvalue weighted by atomic mass is 9.89. The van der Waals surface area contributed by atoms with Crippen LogP contribution in [-0.2, 0) is 6.18 Å². The molecule has 1 aliphatic heterocycles. The number of hydrogen-bond donors (Lipinski definition) is 2. The minimum Gasteiger partial charge on any atom is -0.361 e. The van der Waals surface area contributed by atoms with Crippen LogP contribution in [0, 0.1) is 5.82 Å². The van der Waals surface area contributed by atoms with Crippen LogP contribution < -0.4 is 4.99 Å². The quantitative estimate of drug-likeness (QED) is 0.434. The van der Waals surface area contributed by atoms with Gasteiger partial charge in [0.25, 0.3) is 0 Å². The molecule has 2 N–H and O–H groups in total. The van der Waals surface area contributed by atoms with E-state index in [9.17, 15) is 17.6 Å². The Balaban J connectivity index is 1.79. The first kappa shape index (κ1) is 18.4. The average Bonchev–Trinajstić information content (AvgIpc) is 3.34. The molecule has 5 rings (SSSR count). The first-order chi connectivity index (χ1) is 14.4. The molecule has 3 aromatic carbocycles. The summed E-state index contributed by atoms with van der Waals surface area (Å²) >= 11 is 0. The Morgan fingerprint density at radius 3 is 2.40 bits per heavy atom. The molecule has 1 aliphatic rings. The first-order valence-corrected chi connectivity index (χ1v) is 9.30. The van der Waals surface area contributed by atoms with E-state index in [1.807, 2.05) is 30.5 Å². The number of nitrogens with one attached hydrogen (secondary N) is 2. The van der Waals surface area contributed by atoms with Crippen molar-refractivity contribution in [3.63, 3.8) is 0 Å². The van der Waals surface area contributed by atoms with Gasteiger partial charge in [-0.1, -0.05) is 36.4 Å². The van der Waals surface area contributed by atoms with Crippen LogP contribution in [0.15, 0.2) is 72.9 Å². The first-order valence-electron chi connectivity index (χ1n) is 9.30. The molecule has 4 aromatic rings. The molecule has 0 aliphatic carbocycles. The second kappa shape index (κ2) is 6.69. The van der Waals surface area contributed by atoms with Gasteiger partial charge in [-0.2, -0.15) is 17.6 Å². The largest absolute Gasteiger partial charge is 0.416 e. The Bertz CT molecular complexity index is 1330. The molecule has 0 spiro atoms.